The summed E-state index contributed by atoms with van der Waals surface area (Å²) in [5.41, 5.74) is 19.5. The molecule has 13 rings (SSSR count). The quantitative estimate of drug-likeness (QED) is 0.153. The highest BCUT2D eigenvalue weighted by atomic mass is 16.3. The van der Waals surface area contributed by atoms with Crippen LogP contribution < -0.4 is 0 Å². The minimum Gasteiger partial charge on any atom is -0.455 e. The van der Waals surface area contributed by atoms with E-state index in [0.717, 1.165) is 83.4 Å². The van der Waals surface area contributed by atoms with E-state index in [0.29, 0.717) is 5.82 Å². The van der Waals surface area contributed by atoms with Gasteiger partial charge in [-0.2, -0.15) is 0 Å². The molecule has 0 atom stereocenters. The van der Waals surface area contributed by atoms with Gasteiger partial charge < -0.3 is 4.42 Å². The summed E-state index contributed by atoms with van der Waals surface area (Å²) in [6, 6.07) is 91.2. The fourth-order valence-electron chi connectivity index (χ4n) is 10.8. The summed E-state index contributed by atoms with van der Waals surface area (Å²) < 4.78 is 6.72. The normalized spacial score (nSPS) is 12.5. The number of nitrogens with zero attached hydrogens (tertiary/aromatic N) is 2. The van der Waals surface area contributed by atoms with Gasteiger partial charge in [-0.1, -0.05) is 224 Å². The van der Waals surface area contributed by atoms with Crippen molar-refractivity contribution in [2.75, 3.05) is 0 Å². The number of hydrogen-bond donors (Lipinski definition) is 0. The number of aromatic nitrogens is 2. The highest BCUT2D eigenvalue weighted by Gasteiger charge is 2.47. The van der Waals surface area contributed by atoms with Crippen molar-refractivity contribution in [3.63, 3.8) is 0 Å². The molecule has 0 fully saturated rings. The first-order valence-corrected chi connectivity index (χ1v) is 23.2. The Morgan fingerprint density at radius 1 is 0.309 bits per heavy atom. The Bertz CT molecular complexity index is 3790. The highest BCUT2D eigenvalue weighted by molar-refractivity contribution is 6.09. The third-order valence-electron chi connectivity index (χ3n) is 13.8. The van der Waals surface area contributed by atoms with Gasteiger partial charge in [0.05, 0.1) is 16.8 Å². The molecule has 68 heavy (non-hydrogen) atoms. The van der Waals surface area contributed by atoms with Gasteiger partial charge in [-0.15, -0.1) is 0 Å². The minimum atomic E-state index is -0.637. The van der Waals surface area contributed by atoms with Gasteiger partial charge >= 0.3 is 0 Å². The van der Waals surface area contributed by atoms with Crippen LogP contribution in [0.5, 0.6) is 0 Å². The van der Waals surface area contributed by atoms with Crippen LogP contribution >= 0.6 is 0 Å². The molecule has 2 heterocycles. The summed E-state index contributed by atoms with van der Waals surface area (Å²) in [6.45, 7) is 0. The lowest BCUT2D eigenvalue weighted by molar-refractivity contribution is 0.670. The molecular weight excluding hydrogens is 825 g/mol. The third kappa shape index (κ3) is 6.35. The fourth-order valence-corrected chi connectivity index (χ4v) is 10.8. The number of fused-ring (bicyclic) bond motifs is 6. The van der Waals surface area contributed by atoms with Crippen LogP contribution in [0.4, 0.5) is 0 Å². The van der Waals surface area contributed by atoms with Crippen molar-refractivity contribution in [2.45, 2.75) is 5.41 Å². The zero-order valence-corrected chi connectivity index (χ0v) is 37.1. The van der Waals surface area contributed by atoms with E-state index in [1.807, 2.05) is 12.1 Å². The second-order valence-corrected chi connectivity index (χ2v) is 17.6. The maximum atomic E-state index is 6.72. The molecule has 1 aliphatic carbocycles. The predicted octanol–water partition coefficient (Wildman–Crippen LogP) is 16.7. The van der Waals surface area contributed by atoms with Crippen molar-refractivity contribution >= 4 is 21.9 Å². The molecule has 0 amide bonds. The molecule has 3 heteroatoms. The first-order valence-electron chi connectivity index (χ1n) is 23.2. The average molecular weight is 867 g/mol. The van der Waals surface area contributed by atoms with E-state index < -0.39 is 5.41 Å². The molecule has 0 radical (unpaired) electrons. The lowest BCUT2D eigenvalue weighted by atomic mass is 9.67. The lowest BCUT2D eigenvalue weighted by Crippen LogP contribution is -2.28. The van der Waals surface area contributed by atoms with E-state index in [9.17, 15) is 0 Å². The molecule has 318 valence electrons. The zero-order chi connectivity index (χ0) is 45.0. The molecule has 0 saturated heterocycles. The summed E-state index contributed by atoms with van der Waals surface area (Å²) in [4.78, 5) is 11.3. The van der Waals surface area contributed by atoms with Crippen LogP contribution in [0.3, 0.4) is 0 Å². The predicted molar refractivity (Wildman–Crippen MR) is 279 cm³/mol. The summed E-state index contributed by atoms with van der Waals surface area (Å²) in [7, 11) is 0. The molecule has 0 spiro atoms. The van der Waals surface area contributed by atoms with Gasteiger partial charge in [0.1, 0.15) is 11.2 Å². The van der Waals surface area contributed by atoms with Crippen molar-refractivity contribution in [3.05, 3.63) is 277 Å². The highest BCUT2D eigenvalue weighted by Crippen LogP contribution is 2.59. The monoisotopic (exact) mass is 866 g/mol. The number of benzene rings is 10. The summed E-state index contributed by atoms with van der Waals surface area (Å²) in [5.74, 6) is 0.642. The molecule has 0 aliphatic heterocycles. The van der Waals surface area contributed by atoms with E-state index >= 15 is 0 Å². The Labute approximate surface area is 395 Å². The van der Waals surface area contributed by atoms with Crippen LogP contribution in [0.25, 0.3) is 100 Å². The largest absolute Gasteiger partial charge is 0.455 e. The lowest BCUT2D eigenvalue weighted by Gasteiger charge is -2.34. The molecule has 0 unspecified atom stereocenters. The molecule has 3 nitrogen and oxygen atoms in total. The molecule has 2 aromatic heterocycles. The SMILES string of the molecule is c1ccc(-c2ccc(-c3cc(-c4cccc5c4oc4ccccc45)nc(-c4cccc5c4-c4ccc(-c6ccccc6)cc4C5(c4ccccc4)c4ccccc4)n3)c(-c3ccccc3)c2)cc1. The smallest absolute Gasteiger partial charge is 0.161 e. The van der Waals surface area contributed by atoms with Crippen LogP contribution in [-0.2, 0) is 5.41 Å². The Kier molecular flexibility index (Phi) is 9.40. The van der Waals surface area contributed by atoms with Crippen LogP contribution in [0.2, 0.25) is 0 Å². The van der Waals surface area contributed by atoms with Gasteiger partial charge in [0.15, 0.2) is 5.82 Å². The summed E-state index contributed by atoms with van der Waals surface area (Å²) in [5, 5.41) is 2.13. The Hall–Kier alpha value is -8.92. The summed E-state index contributed by atoms with van der Waals surface area (Å²) in [6.07, 6.45) is 0. The summed E-state index contributed by atoms with van der Waals surface area (Å²) >= 11 is 0. The van der Waals surface area contributed by atoms with Gasteiger partial charge in [0.25, 0.3) is 0 Å². The molecule has 0 saturated carbocycles. The molecule has 1 aliphatic rings. The molecule has 0 N–H and O–H groups in total. The fraction of sp³-hybridized carbons (Fsp3) is 0.0154. The Morgan fingerprint density at radius 2 is 0.824 bits per heavy atom. The molecule has 12 aromatic rings. The van der Waals surface area contributed by atoms with Crippen LogP contribution in [0.1, 0.15) is 22.3 Å². The number of furan rings is 1. The van der Waals surface area contributed by atoms with E-state index in [4.69, 9.17) is 14.4 Å². The second-order valence-electron chi connectivity index (χ2n) is 17.6. The van der Waals surface area contributed by atoms with Crippen LogP contribution in [-0.4, -0.2) is 9.97 Å². The van der Waals surface area contributed by atoms with Crippen molar-refractivity contribution in [3.8, 4) is 78.4 Å². The van der Waals surface area contributed by atoms with Crippen molar-refractivity contribution in [1.29, 1.82) is 0 Å². The van der Waals surface area contributed by atoms with Gasteiger partial charge in [0, 0.05) is 27.5 Å². The standard InChI is InChI=1S/C65H42N2O/c1-6-20-43(21-7-1)46-36-38-50(56(40-46)45-24-10-3-11-25-45)59-42-60(54-32-18-31-52-51-30-16-17-35-61(51)68-63(52)54)67-64(66-59)55-33-19-34-57-62(55)53-39-37-47(44-22-8-2-9-23-44)41-58(53)65(57,48-26-12-4-13-27-48)49-28-14-5-15-29-49/h1-42H. The van der Waals surface area contributed by atoms with Crippen LogP contribution in [0, 0.1) is 0 Å². The van der Waals surface area contributed by atoms with Gasteiger partial charge in [-0.25, -0.2) is 9.97 Å². The van der Waals surface area contributed by atoms with Gasteiger partial charge in [-0.3, -0.25) is 0 Å². The maximum absolute atomic E-state index is 6.72. The van der Waals surface area contributed by atoms with E-state index in [1.165, 1.54) is 33.4 Å². The van der Waals surface area contributed by atoms with Gasteiger partial charge in [-0.05, 0) is 97.1 Å². The van der Waals surface area contributed by atoms with Crippen molar-refractivity contribution in [2.24, 2.45) is 0 Å². The molecule has 10 aromatic carbocycles. The van der Waals surface area contributed by atoms with Crippen molar-refractivity contribution in [1.82, 2.24) is 9.97 Å². The minimum absolute atomic E-state index is 0.637. The topological polar surface area (TPSA) is 38.9 Å². The number of rotatable bonds is 8. The third-order valence-corrected chi connectivity index (χ3v) is 13.8. The van der Waals surface area contributed by atoms with Crippen molar-refractivity contribution < 1.29 is 4.42 Å². The number of hydrogen-bond acceptors (Lipinski definition) is 3. The first-order chi connectivity index (χ1) is 33.7. The van der Waals surface area contributed by atoms with E-state index in [1.54, 1.807) is 0 Å². The molecular formula is C65H42N2O. The number of para-hydroxylation sites is 2. The molecule has 0 bridgehead atoms. The van der Waals surface area contributed by atoms with Crippen LogP contribution in [0.15, 0.2) is 259 Å². The zero-order valence-electron chi connectivity index (χ0n) is 37.1. The average Bonchev–Trinajstić information content (AvgIpc) is 3.96. The first kappa shape index (κ1) is 39.4. The van der Waals surface area contributed by atoms with Gasteiger partial charge in [0.2, 0.25) is 0 Å². The van der Waals surface area contributed by atoms with E-state index in [2.05, 4.69) is 243 Å². The Balaban J connectivity index is 1.11. The van der Waals surface area contributed by atoms with E-state index in [-0.39, 0.29) is 0 Å². The Morgan fingerprint density at radius 3 is 1.49 bits per heavy atom. The second kappa shape index (κ2) is 16.2. The maximum Gasteiger partial charge on any atom is 0.161 e.